The van der Waals surface area contributed by atoms with Gasteiger partial charge in [-0.25, -0.2) is 0 Å². The first-order chi connectivity index (χ1) is 10.3. The standard InChI is InChI=1S/C15H20N2O4/c1-19-11-2-3-14-12(8-11)13(10-21-14)16-15(18)9-17-4-6-20-7-5-17/h2-3,8,13H,4-7,9-10H2,1H3,(H,16,18)/t13-/m1/s1. The lowest BCUT2D eigenvalue weighted by atomic mass is 10.1. The van der Waals surface area contributed by atoms with Crippen molar-refractivity contribution in [1.29, 1.82) is 0 Å². The molecule has 0 spiro atoms. The molecule has 1 atom stereocenters. The zero-order chi connectivity index (χ0) is 14.7. The molecule has 1 aromatic rings. The summed E-state index contributed by atoms with van der Waals surface area (Å²) < 4.78 is 16.1. The number of hydrogen-bond acceptors (Lipinski definition) is 5. The number of morpholine rings is 1. The Morgan fingerprint density at radius 1 is 1.43 bits per heavy atom. The van der Waals surface area contributed by atoms with Gasteiger partial charge in [0.05, 0.1) is 32.9 Å². The summed E-state index contributed by atoms with van der Waals surface area (Å²) in [6.07, 6.45) is 0. The Bertz CT molecular complexity index is 514. The lowest BCUT2D eigenvalue weighted by Crippen LogP contribution is -2.44. The maximum absolute atomic E-state index is 12.2. The molecule has 2 aliphatic heterocycles. The Hall–Kier alpha value is -1.79. The normalized spacial score (nSPS) is 21.5. The van der Waals surface area contributed by atoms with Crippen LogP contribution in [0.4, 0.5) is 0 Å². The highest BCUT2D eigenvalue weighted by Crippen LogP contribution is 2.34. The fourth-order valence-corrected chi connectivity index (χ4v) is 2.64. The molecule has 114 valence electrons. The van der Waals surface area contributed by atoms with Crippen LogP contribution in [0.3, 0.4) is 0 Å². The van der Waals surface area contributed by atoms with Crippen LogP contribution in [0.15, 0.2) is 18.2 Å². The van der Waals surface area contributed by atoms with Gasteiger partial charge in [0.1, 0.15) is 18.1 Å². The molecular formula is C15H20N2O4. The summed E-state index contributed by atoms with van der Waals surface area (Å²) in [7, 11) is 1.63. The van der Waals surface area contributed by atoms with Crippen LogP contribution in [0.2, 0.25) is 0 Å². The molecule has 0 bridgehead atoms. The predicted molar refractivity (Wildman–Crippen MR) is 76.6 cm³/mol. The zero-order valence-corrected chi connectivity index (χ0v) is 12.1. The molecule has 1 fully saturated rings. The van der Waals surface area contributed by atoms with Crippen molar-refractivity contribution in [3.63, 3.8) is 0 Å². The highest BCUT2D eigenvalue weighted by atomic mass is 16.5. The first kappa shape index (κ1) is 14.2. The van der Waals surface area contributed by atoms with Crippen molar-refractivity contribution in [3.05, 3.63) is 23.8 Å². The van der Waals surface area contributed by atoms with Crippen LogP contribution in [-0.2, 0) is 9.53 Å². The van der Waals surface area contributed by atoms with Crippen molar-refractivity contribution in [2.45, 2.75) is 6.04 Å². The van der Waals surface area contributed by atoms with Crippen molar-refractivity contribution >= 4 is 5.91 Å². The van der Waals surface area contributed by atoms with Gasteiger partial charge in [-0.05, 0) is 18.2 Å². The van der Waals surface area contributed by atoms with E-state index in [1.165, 1.54) is 0 Å². The van der Waals surface area contributed by atoms with Gasteiger partial charge < -0.3 is 19.5 Å². The minimum Gasteiger partial charge on any atom is -0.497 e. The highest BCUT2D eigenvalue weighted by Gasteiger charge is 2.26. The first-order valence-electron chi connectivity index (χ1n) is 7.16. The van der Waals surface area contributed by atoms with Crippen molar-refractivity contribution < 1.29 is 19.0 Å². The number of ether oxygens (including phenoxy) is 3. The number of carbonyl (C=O) groups is 1. The van der Waals surface area contributed by atoms with E-state index < -0.39 is 0 Å². The van der Waals surface area contributed by atoms with Crippen LogP contribution in [0.5, 0.6) is 11.5 Å². The van der Waals surface area contributed by atoms with Crippen LogP contribution in [-0.4, -0.2) is 57.4 Å². The largest absolute Gasteiger partial charge is 0.497 e. The lowest BCUT2D eigenvalue weighted by molar-refractivity contribution is -0.124. The summed E-state index contributed by atoms with van der Waals surface area (Å²) in [5.74, 6) is 1.60. The SMILES string of the molecule is COc1ccc2c(c1)[C@H](NC(=O)CN1CCOCC1)CO2. The fourth-order valence-electron chi connectivity index (χ4n) is 2.64. The lowest BCUT2D eigenvalue weighted by Gasteiger charge is -2.26. The van der Waals surface area contributed by atoms with E-state index in [2.05, 4.69) is 10.2 Å². The third-order valence-electron chi connectivity index (χ3n) is 3.80. The van der Waals surface area contributed by atoms with Crippen LogP contribution >= 0.6 is 0 Å². The molecule has 3 rings (SSSR count). The van der Waals surface area contributed by atoms with Crippen molar-refractivity contribution in [2.24, 2.45) is 0 Å². The summed E-state index contributed by atoms with van der Waals surface area (Å²) in [5, 5.41) is 3.03. The van der Waals surface area contributed by atoms with E-state index in [9.17, 15) is 4.79 Å². The van der Waals surface area contributed by atoms with Gasteiger partial charge >= 0.3 is 0 Å². The Kier molecular flexibility index (Phi) is 4.26. The molecular weight excluding hydrogens is 272 g/mol. The fraction of sp³-hybridized carbons (Fsp3) is 0.533. The second-order valence-corrected chi connectivity index (χ2v) is 5.22. The van der Waals surface area contributed by atoms with E-state index in [1.807, 2.05) is 18.2 Å². The van der Waals surface area contributed by atoms with Gasteiger partial charge in [-0.2, -0.15) is 0 Å². The monoisotopic (exact) mass is 292 g/mol. The Labute approximate surface area is 124 Å². The molecule has 2 aliphatic rings. The Morgan fingerprint density at radius 3 is 3.00 bits per heavy atom. The van der Waals surface area contributed by atoms with Gasteiger partial charge in [-0.3, -0.25) is 9.69 Å². The average Bonchev–Trinajstić information content (AvgIpc) is 2.90. The van der Waals surface area contributed by atoms with E-state index in [4.69, 9.17) is 14.2 Å². The minimum atomic E-state index is -0.108. The van der Waals surface area contributed by atoms with Gasteiger partial charge in [-0.15, -0.1) is 0 Å². The highest BCUT2D eigenvalue weighted by molar-refractivity contribution is 5.78. The molecule has 0 aromatic heterocycles. The molecule has 2 heterocycles. The molecule has 0 saturated carbocycles. The third kappa shape index (κ3) is 3.28. The van der Waals surface area contributed by atoms with Crippen LogP contribution in [0.25, 0.3) is 0 Å². The number of nitrogens with zero attached hydrogens (tertiary/aromatic N) is 1. The van der Waals surface area contributed by atoms with E-state index in [0.29, 0.717) is 26.4 Å². The molecule has 21 heavy (non-hydrogen) atoms. The quantitative estimate of drug-likeness (QED) is 0.879. The molecule has 0 unspecified atom stereocenters. The zero-order valence-electron chi connectivity index (χ0n) is 12.1. The second kappa shape index (κ2) is 6.32. The topological polar surface area (TPSA) is 60.0 Å². The van der Waals surface area contributed by atoms with Crippen molar-refractivity contribution in [3.8, 4) is 11.5 Å². The molecule has 1 aromatic carbocycles. The molecule has 1 amide bonds. The summed E-state index contributed by atoms with van der Waals surface area (Å²) in [4.78, 5) is 14.2. The number of amides is 1. The average molecular weight is 292 g/mol. The van der Waals surface area contributed by atoms with Gasteiger partial charge in [0, 0.05) is 18.7 Å². The number of hydrogen-bond donors (Lipinski definition) is 1. The van der Waals surface area contributed by atoms with Crippen LogP contribution in [0, 0.1) is 0 Å². The van der Waals surface area contributed by atoms with Gasteiger partial charge in [0.25, 0.3) is 0 Å². The van der Waals surface area contributed by atoms with E-state index in [-0.39, 0.29) is 11.9 Å². The Balaban J connectivity index is 1.60. The van der Waals surface area contributed by atoms with Crippen molar-refractivity contribution in [1.82, 2.24) is 10.2 Å². The summed E-state index contributed by atoms with van der Waals surface area (Å²) in [6, 6.07) is 5.55. The van der Waals surface area contributed by atoms with Gasteiger partial charge in [-0.1, -0.05) is 0 Å². The maximum Gasteiger partial charge on any atom is 0.234 e. The number of fused-ring (bicyclic) bond motifs is 1. The smallest absolute Gasteiger partial charge is 0.234 e. The third-order valence-corrected chi connectivity index (χ3v) is 3.80. The molecule has 6 heteroatoms. The molecule has 0 radical (unpaired) electrons. The van der Waals surface area contributed by atoms with Gasteiger partial charge in [0.2, 0.25) is 5.91 Å². The number of rotatable bonds is 4. The van der Waals surface area contributed by atoms with E-state index >= 15 is 0 Å². The molecule has 1 N–H and O–H groups in total. The summed E-state index contributed by atoms with van der Waals surface area (Å²) in [5.41, 5.74) is 0.977. The number of benzene rings is 1. The van der Waals surface area contributed by atoms with E-state index in [1.54, 1.807) is 7.11 Å². The molecule has 6 nitrogen and oxygen atoms in total. The Morgan fingerprint density at radius 2 is 2.24 bits per heavy atom. The number of carbonyl (C=O) groups excluding carboxylic acids is 1. The summed E-state index contributed by atoms with van der Waals surface area (Å²) in [6.45, 7) is 3.87. The number of methoxy groups -OCH3 is 1. The van der Waals surface area contributed by atoms with Gasteiger partial charge in [0.15, 0.2) is 0 Å². The first-order valence-corrected chi connectivity index (χ1v) is 7.16. The maximum atomic E-state index is 12.2. The van der Waals surface area contributed by atoms with E-state index in [0.717, 1.165) is 30.2 Å². The predicted octanol–water partition coefficient (Wildman–Crippen LogP) is 0.577. The number of nitrogens with one attached hydrogen (secondary N) is 1. The molecule has 0 aliphatic carbocycles. The second-order valence-electron chi connectivity index (χ2n) is 5.22. The minimum absolute atomic E-state index is 0.0150. The van der Waals surface area contributed by atoms with Crippen molar-refractivity contribution in [2.75, 3.05) is 46.6 Å². The summed E-state index contributed by atoms with van der Waals surface area (Å²) >= 11 is 0. The van der Waals surface area contributed by atoms with Crippen LogP contribution < -0.4 is 14.8 Å². The molecule has 1 saturated heterocycles. The van der Waals surface area contributed by atoms with Crippen LogP contribution in [0.1, 0.15) is 11.6 Å².